The van der Waals surface area contributed by atoms with Crippen molar-refractivity contribution in [3.63, 3.8) is 0 Å². The summed E-state index contributed by atoms with van der Waals surface area (Å²) in [5, 5.41) is 3.97. The van der Waals surface area contributed by atoms with Gasteiger partial charge in [-0.05, 0) is 43.9 Å². The first-order valence-electron chi connectivity index (χ1n) is 8.22. The fraction of sp³-hybridized carbons (Fsp3) is 1.00. The van der Waals surface area contributed by atoms with Gasteiger partial charge in [0.05, 0.1) is 0 Å². The van der Waals surface area contributed by atoms with Crippen LogP contribution in [0, 0.1) is 11.8 Å². The Morgan fingerprint density at radius 3 is 2.28 bits per heavy atom. The molecule has 0 aromatic carbocycles. The van der Waals surface area contributed by atoms with Crippen LogP contribution in [0.25, 0.3) is 0 Å². The SMILES string of the molecule is CC(C)C1CC(NC2CCCC2)CN(C2CC2)C1. The summed E-state index contributed by atoms with van der Waals surface area (Å²) < 4.78 is 0. The molecule has 2 saturated carbocycles. The molecule has 0 bridgehead atoms. The third-order valence-corrected chi connectivity index (χ3v) is 5.34. The van der Waals surface area contributed by atoms with E-state index in [1.54, 1.807) is 0 Å². The molecule has 1 aliphatic heterocycles. The van der Waals surface area contributed by atoms with Crippen LogP contribution in [-0.4, -0.2) is 36.1 Å². The summed E-state index contributed by atoms with van der Waals surface area (Å²) in [6.07, 6.45) is 10.1. The summed E-state index contributed by atoms with van der Waals surface area (Å²) in [5.41, 5.74) is 0. The van der Waals surface area contributed by atoms with Gasteiger partial charge in [-0.3, -0.25) is 4.90 Å². The highest BCUT2D eigenvalue weighted by Gasteiger charge is 2.37. The number of nitrogens with one attached hydrogen (secondary N) is 1. The minimum atomic E-state index is 0.773. The highest BCUT2D eigenvalue weighted by molar-refractivity contribution is 4.94. The van der Waals surface area contributed by atoms with E-state index in [-0.39, 0.29) is 0 Å². The highest BCUT2D eigenvalue weighted by atomic mass is 15.2. The molecule has 3 aliphatic rings. The smallest absolute Gasteiger partial charge is 0.0200 e. The van der Waals surface area contributed by atoms with Gasteiger partial charge in [0.15, 0.2) is 0 Å². The van der Waals surface area contributed by atoms with Crippen LogP contribution in [0.1, 0.15) is 58.8 Å². The van der Waals surface area contributed by atoms with E-state index in [0.29, 0.717) is 0 Å². The van der Waals surface area contributed by atoms with Crippen LogP contribution in [-0.2, 0) is 0 Å². The lowest BCUT2D eigenvalue weighted by atomic mass is 9.85. The van der Waals surface area contributed by atoms with Gasteiger partial charge in [0.25, 0.3) is 0 Å². The first-order valence-corrected chi connectivity index (χ1v) is 8.22. The van der Waals surface area contributed by atoms with Crippen molar-refractivity contribution in [2.75, 3.05) is 13.1 Å². The van der Waals surface area contributed by atoms with E-state index in [1.165, 1.54) is 58.0 Å². The molecular weight excluding hydrogens is 220 g/mol. The van der Waals surface area contributed by atoms with Gasteiger partial charge in [-0.2, -0.15) is 0 Å². The van der Waals surface area contributed by atoms with Crippen LogP contribution in [0.4, 0.5) is 0 Å². The molecule has 1 N–H and O–H groups in total. The minimum Gasteiger partial charge on any atom is -0.310 e. The van der Waals surface area contributed by atoms with E-state index < -0.39 is 0 Å². The van der Waals surface area contributed by atoms with Crippen LogP contribution in [0.5, 0.6) is 0 Å². The zero-order chi connectivity index (χ0) is 12.5. The van der Waals surface area contributed by atoms with Crippen LogP contribution >= 0.6 is 0 Å². The number of likely N-dealkylation sites (tertiary alicyclic amines) is 1. The molecule has 3 rings (SSSR count). The molecule has 0 radical (unpaired) electrons. The van der Waals surface area contributed by atoms with Crippen molar-refractivity contribution in [3.8, 4) is 0 Å². The summed E-state index contributed by atoms with van der Waals surface area (Å²) in [6, 6.07) is 2.55. The van der Waals surface area contributed by atoms with Gasteiger partial charge in [0.2, 0.25) is 0 Å². The predicted octanol–water partition coefficient (Wildman–Crippen LogP) is 3.03. The Bertz CT molecular complexity index is 254. The van der Waals surface area contributed by atoms with Gasteiger partial charge in [-0.15, -0.1) is 0 Å². The molecule has 1 saturated heterocycles. The quantitative estimate of drug-likeness (QED) is 0.825. The second kappa shape index (κ2) is 5.50. The number of nitrogens with zero attached hydrogens (tertiary/aromatic N) is 1. The van der Waals surface area contributed by atoms with Crippen LogP contribution in [0.3, 0.4) is 0 Å². The third kappa shape index (κ3) is 3.08. The molecule has 2 unspecified atom stereocenters. The Kier molecular flexibility index (Phi) is 3.95. The monoisotopic (exact) mass is 250 g/mol. The second-order valence-corrected chi connectivity index (χ2v) is 7.27. The average molecular weight is 250 g/mol. The van der Waals surface area contributed by atoms with E-state index in [9.17, 15) is 0 Å². The second-order valence-electron chi connectivity index (χ2n) is 7.27. The number of piperidine rings is 1. The van der Waals surface area contributed by atoms with Crippen molar-refractivity contribution in [2.45, 2.75) is 76.9 Å². The molecule has 0 spiro atoms. The fourth-order valence-corrected chi connectivity index (χ4v) is 3.94. The fourth-order valence-electron chi connectivity index (χ4n) is 3.94. The third-order valence-electron chi connectivity index (χ3n) is 5.34. The molecule has 1 heterocycles. The first-order chi connectivity index (χ1) is 8.72. The van der Waals surface area contributed by atoms with Crippen molar-refractivity contribution < 1.29 is 0 Å². The average Bonchev–Trinajstić information content (AvgIpc) is 3.09. The van der Waals surface area contributed by atoms with E-state index in [2.05, 4.69) is 24.1 Å². The Morgan fingerprint density at radius 1 is 0.944 bits per heavy atom. The van der Waals surface area contributed by atoms with Crippen LogP contribution < -0.4 is 5.32 Å². The lowest BCUT2D eigenvalue weighted by molar-refractivity contribution is 0.104. The Morgan fingerprint density at radius 2 is 1.67 bits per heavy atom. The molecule has 2 heteroatoms. The summed E-state index contributed by atoms with van der Waals surface area (Å²) >= 11 is 0. The molecular formula is C16H30N2. The molecule has 3 fully saturated rings. The topological polar surface area (TPSA) is 15.3 Å². The van der Waals surface area contributed by atoms with Gasteiger partial charge in [0.1, 0.15) is 0 Å². The van der Waals surface area contributed by atoms with Crippen LogP contribution in [0.15, 0.2) is 0 Å². The van der Waals surface area contributed by atoms with Crippen molar-refractivity contribution in [1.82, 2.24) is 10.2 Å². The maximum atomic E-state index is 3.97. The molecule has 2 atom stereocenters. The Hall–Kier alpha value is -0.0800. The van der Waals surface area contributed by atoms with E-state index in [0.717, 1.165) is 30.0 Å². The summed E-state index contributed by atoms with van der Waals surface area (Å²) in [4.78, 5) is 2.79. The van der Waals surface area contributed by atoms with Crippen LogP contribution in [0.2, 0.25) is 0 Å². The minimum absolute atomic E-state index is 0.773. The van der Waals surface area contributed by atoms with E-state index in [4.69, 9.17) is 0 Å². The maximum Gasteiger partial charge on any atom is 0.0200 e. The molecule has 104 valence electrons. The van der Waals surface area contributed by atoms with E-state index >= 15 is 0 Å². The normalized spacial score (nSPS) is 35.5. The number of hydrogen-bond donors (Lipinski definition) is 1. The van der Waals surface area contributed by atoms with Crippen molar-refractivity contribution in [3.05, 3.63) is 0 Å². The molecule has 2 nitrogen and oxygen atoms in total. The predicted molar refractivity (Wildman–Crippen MR) is 76.7 cm³/mol. The van der Waals surface area contributed by atoms with Gasteiger partial charge in [0, 0.05) is 31.2 Å². The molecule has 0 aromatic heterocycles. The van der Waals surface area contributed by atoms with Gasteiger partial charge in [-0.25, -0.2) is 0 Å². The maximum absolute atomic E-state index is 3.97. The summed E-state index contributed by atoms with van der Waals surface area (Å²) in [7, 11) is 0. The lowest BCUT2D eigenvalue weighted by Crippen LogP contribution is -2.52. The zero-order valence-corrected chi connectivity index (χ0v) is 12.2. The number of rotatable bonds is 4. The molecule has 0 aromatic rings. The molecule has 2 aliphatic carbocycles. The van der Waals surface area contributed by atoms with Gasteiger partial charge >= 0.3 is 0 Å². The first kappa shape index (κ1) is 12.9. The number of hydrogen-bond acceptors (Lipinski definition) is 2. The lowest BCUT2D eigenvalue weighted by Gasteiger charge is -2.41. The largest absolute Gasteiger partial charge is 0.310 e. The summed E-state index contributed by atoms with van der Waals surface area (Å²) in [6.45, 7) is 7.51. The van der Waals surface area contributed by atoms with Crippen molar-refractivity contribution in [1.29, 1.82) is 0 Å². The Labute approximate surface area is 113 Å². The molecule has 18 heavy (non-hydrogen) atoms. The summed E-state index contributed by atoms with van der Waals surface area (Å²) in [5.74, 6) is 1.76. The van der Waals surface area contributed by atoms with E-state index in [1.807, 2.05) is 0 Å². The zero-order valence-electron chi connectivity index (χ0n) is 12.2. The standard InChI is InChI=1S/C16H30N2/c1-12(2)13-9-15(17-14-5-3-4-6-14)11-18(10-13)16-7-8-16/h12-17H,3-11H2,1-2H3. The Balaban J connectivity index is 1.57. The van der Waals surface area contributed by atoms with Gasteiger partial charge < -0.3 is 5.32 Å². The highest BCUT2D eigenvalue weighted by Crippen LogP contribution is 2.33. The van der Waals surface area contributed by atoms with Crippen molar-refractivity contribution in [2.24, 2.45) is 11.8 Å². The van der Waals surface area contributed by atoms with Gasteiger partial charge in [-0.1, -0.05) is 26.7 Å². The molecule has 0 amide bonds. The van der Waals surface area contributed by atoms with Crippen molar-refractivity contribution >= 4 is 0 Å².